The second kappa shape index (κ2) is 8.92. The van der Waals surface area contributed by atoms with Gasteiger partial charge < -0.3 is 19.4 Å². The molecule has 2 rings (SSSR count). The van der Waals surface area contributed by atoms with Gasteiger partial charge in [0.25, 0.3) is 16.0 Å². The number of rotatable bonds is 9. The Balaban J connectivity index is 1.75. The molecule has 1 aliphatic rings. The molecule has 0 unspecified atom stereocenters. The maximum Gasteiger partial charge on any atom is 0.494 e. The monoisotopic (exact) mass is 413 g/mol. The third-order valence-electron chi connectivity index (χ3n) is 4.76. The minimum atomic E-state index is -3.46. The van der Waals surface area contributed by atoms with Crippen molar-refractivity contribution in [3.05, 3.63) is 29.8 Å². The standard InChI is InChI=1S/C18H28BNO7S/c1-17(2)18(3,4)27-19(26-17)15-8-6-14(7-9-15)16(21)20-10-11-24-12-13-25-28(5,22)23/h6-9H,10-13H2,1-5H3,(H,20,21). The summed E-state index contributed by atoms with van der Waals surface area (Å²) in [6, 6.07) is 7.07. The van der Waals surface area contributed by atoms with Crippen molar-refractivity contribution in [1.82, 2.24) is 5.32 Å². The zero-order chi connectivity index (χ0) is 21.0. The first-order valence-electron chi connectivity index (χ1n) is 9.07. The van der Waals surface area contributed by atoms with Crippen molar-refractivity contribution in [2.45, 2.75) is 38.9 Å². The number of ether oxygens (including phenoxy) is 1. The van der Waals surface area contributed by atoms with Gasteiger partial charge in [0.05, 0.1) is 37.3 Å². The molecule has 0 bridgehead atoms. The van der Waals surface area contributed by atoms with Gasteiger partial charge in [-0.05, 0) is 45.3 Å². The fraction of sp³-hybridized carbons (Fsp3) is 0.611. The van der Waals surface area contributed by atoms with Crippen LogP contribution in [0, 0.1) is 0 Å². The van der Waals surface area contributed by atoms with Gasteiger partial charge in [-0.3, -0.25) is 8.98 Å². The van der Waals surface area contributed by atoms with Crippen LogP contribution in [-0.2, 0) is 28.3 Å². The van der Waals surface area contributed by atoms with Gasteiger partial charge in [0.1, 0.15) is 0 Å². The predicted molar refractivity (Wildman–Crippen MR) is 106 cm³/mol. The van der Waals surface area contributed by atoms with E-state index in [1.165, 1.54) is 0 Å². The second-order valence-corrected chi connectivity index (χ2v) is 9.25. The lowest BCUT2D eigenvalue weighted by Gasteiger charge is -2.32. The molecule has 0 saturated carbocycles. The average Bonchev–Trinajstić information content (AvgIpc) is 2.80. The molecule has 0 radical (unpaired) electrons. The summed E-state index contributed by atoms with van der Waals surface area (Å²) in [5.41, 5.74) is 0.533. The van der Waals surface area contributed by atoms with Crippen LogP contribution in [0.2, 0.25) is 0 Å². The quantitative estimate of drug-likeness (QED) is 0.362. The van der Waals surface area contributed by atoms with Gasteiger partial charge in [-0.2, -0.15) is 8.42 Å². The number of hydrogen-bond acceptors (Lipinski definition) is 7. The van der Waals surface area contributed by atoms with Crippen LogP contribution < -0.4 is 10.8 Å². The molecule has 0 spiro atoms. The molecule has 0 atom stereocenters. The van der Waals surface area contributed by atoms with Crippen molar-refractivity contribution in [1.29, 1.82) is 0 Å². The van der Waals surface area contributed by atoms with Crippen LogP contribution in [0.3, 0.4) is 0 Å². The summed E-state index contributed by atoms with van der Waals surface area (Å²) in [5, 5.41) is 2.74. The van der Waals surface area contributed by atoms with E-state index in [1.54, 1.807) is 12.1 Å². The summed E-state index contributed by atoms with van der Waals surface area (Å²) in [6.07, 6.45) is 0.977. The van der Waals surface area contributed by atoms with Crippen molar-refractivity contribution >= 4 is 28.6 Å². The highest BCUT2D eigenvalue weighted by atomic mass is 32.2. The number of hydrogen-bond donors (Lipinski definition) is 1. The molecule has 0 aromatic heterocycles. The first-order chi connectivity index (χ1) is 12.9. The molecule has 8 nitrogen and oxygen atoms in total. The van der Waals surface area contributed by atoms with E-state index >= 15 is 0 Å². The third-order valence-corrected chi connectivity index (χ3v) is 5.35. The van der Waals surface area contributed by atoms with Gasteiger partial charge >= 0.3 is 7.12 Å². The largest absolute Gasteiger partial charge is 0.494 e. The Kier molecular flexibility index (Phi) is 7.27. The first kappa shape index (κ1) is 22.8. The van der Waals surface area contributed by atoms with Crippen LogP contribution in [0.5, 0.6) is 0 Å². The van der Waals surface area contributed by atoms with Crippen molar-refractivity contribution in [3.63, 3.8) is 0 Å². The highest BCUT2D eigenvalue weighted by Crippen LogP contribution is 2.36. The Morgan fingerprint density at radius 2 is 1.61 bits per heavy atom. The van der Waals surface area contributed by atoms with E-state index in [2.05, 4.69) is 9.50 Å². The Morgan fingerprint density at radius 1 is 1.04 bits per heavy atom. The van der Waals surface area contributed by atoms with Crippen LogP contribution in [0.1, 0.15) is 38.1 Å². The number of carbonyl (C=O) groups is 1. The molecule has 1 saturated heterocycles. The minimum absolute atomic E-state index is 0.0485. The number of nitrogens with one attached hydrogen (secondary N) is 1. The SMILES string of the molecule is CC1(C)OB(c2ccc(C(=O)NCCOCCOS(C)(=O)=O)cc2)OC1(C)C. The molecule has 0 aliphatic carbocycles. The fourth-order valence-electron chi connectivity index (χ4n) is 2.46. The van der Waals surface area contributed by atoms with Gasteiger partial charge in [-0.15, -0.1) is 0 Å². The van der Waals surface area contributed by atoms with E-state index in [-0.39, 0.29) is 25.7 Å². The molecule has 1 N–H and O–H groups in total. The van der Waals surface area contributed by atoms with Crippen LogP contribution in [0.15, 0.2) is 24.3 Å². The zero-order valence-corrected chi connectivity index (χ0v) is 17.8. The Bertz CT molecular complexity index is 762. The average molecular weight is 413 g/mol. The van der Waals surface area contributed by atoms with Gasteiger partial charge in [-0.1, -0.05) is 12.1 Å². The summed E-state index contributed by atoms with van der Waals surface area (Å²) in [4.78, 5) is 12.2. The van der Waals surface area contributed by atoms with Crippen molar-refractivity contribution in [2.24, 2.45) is 0 Å². The molecule has 1 amide bonds. The summed E-state index contributed by atoms with van der Waals surface area (Å²) >= 11 is 0. The number of carbonyl (C=O) groups excluding carboxylic acids is 1. The van der Waals surface area contributed by atoms with Crippen LogP contribution >= 0.6 is 0 Å². The van der Waals surface area contributed by atoms with E-state index in [4.69, 9.17) is 14.0 Å². The van der Waals surface area contributed by atoms with Crippen LogP contribution in [0.4, 0.5) is 0 Å². The number of benzene rings is 1. The lowest BCUT2D eigenvalue weighted by molar-refractivity contribution is 0.00578. The maximum atomic E-state index is 12.2. The lowest BCUT2D eigenvalue weighted by Crippen LogP contribution is -2.41. The molecule has 1 aromatic rings. The van der Waals surface area contributed by atoms with Crippen molar-refractivity contribution < 1.29 is 31.4 Å². The molecule has 10 heteroatoms. The van der Waals surface area contributed by atoms with Gasteiger partial charge in [0, 0.05) is 12.1 Å². The summed E-state index contributed by atoms with van der Waals surface area (Å²) in [7, 11) is -3.92. The van der Waals surface area contributed by atoms with E-state index in [1.807, 2.05) is 39.8 Å². The third kappa shape index (κ3) is 6.28. The van der Waals surface area contributed by atoms with Crippen LogP contribution in [0.25, 0.3) is 0 Å². The number of amides is 1. The first-order valence-corrected chi connectivity index (χ1v) is 10.9. The lowest BCUT2D eigenvalue weighted by atomic mass is 9.79. The fourth-order valence-corrected chi connectivity index (χ4v) is 2.83. The second-order valence-electron chi connectivity index (χ2n) is 7.60. The highest BCUT2D eigenvalue weighted by Gasteiger charge is 2.51. The Morgan fingerprint density at radius 3 is 2.14 bits per heavy atom. The molecule has 1 aliphatic heterocycles. The smallest absolute Gasteiger partial charge is 0.399 e. The van der Waals surface area contributed by atoms with Gasteiger partial charge in [-0.25, -0.2) is 0 Å². The molecule has 1 heterocycles. The Labute approximate surface area is 167 Å². The normalized spacial score (nSPS) is 18.2. The van der Waals surface area contributed by atoms with Gasteiger partial charge in [0.15, 0.2) is 0 Å². The molecular weight excluding hydrogens is 385 g/mol. The summed E-state index contributed by atoms with van der Waals surface area (Å²) in [5.74, 6) is -0.226. The predicted octanol–water partition coefficient (Wildman–Crippen LogP) is 0.708. The summed E-state index contributed by atoms with van der Waals surface area (Å²) < 4.78 is 43.3. The van der Waals surface area contributed by atoms with Crippen LogP contribution in [-0.4, -0.2) is 65.3 Å². The van der Waals surface area contributed by atoms with E-state index in [0.717, 1.165) is 11.7 Å². The Hall–Kier alpha value is -1.46. The zero-order valence-electron chi connectivity index (χ0n) is 17.0. The van der Waals surface area contributed by atoms with Crippen molar-refractivity contribution in [3.8, 4) is 0 Å². The highest BCUT2D eigenvalue weighted by molar-refractivity contribution is 7.85. The van der Waals surface area contributed by atoms with E-state index in [9.17, 15) is 13.2 Å². The topological polar surface area (TPSA) is 100 Å². The summed E-state index contributed by atoms with van der Waals surface area (Å²) in [6.45, 7) is 8.60. The maximum absolute atomic E-state index is 12.2. The minimum Gasteiger partial charge on any atom is -0.399 e. The van der Waals surface area contributed by atoms with E-state index in [0.29, 0.717) is 12.1 Å². The van der Waals surface area contributed by atoms with E-state index < -0.39 is 28.4 Å². The molecule has 28 heavy (non-hydrogen) atoms. The molecule has 1 fully saturated rings. The molecule has 1 aromatic carbocycles. The molecular formula is C18H28BNO7S. The van der Waals surface area contributed by atoms with Gasteiger partial charge in [0.2, 0.25) is 0 Å². The van der Waals surface area contributed by atoms with Crippen molar-refractivity contribution in [2.75, 3.05) is 32.6 Å². The molecule has 156 valence electrons.